The maximum atomic E-state index is 11.0. The summed E-state index contributed by atoms with van der Waals surface area (Å²) in [5, 5.41) is 21.6. The number of hydrogen-bond donors (Lipinski definition) is 1. The van der Waals surface area contributed by atoms with Crippen LogP contribution >= 0.6 is 0 Å². The molecule has 10 nitrogen and oxygen atoms in total. The van der Waals surface area contributed by atoms with Crippen LogP contribution < -0.4 is 19.1 Å². The first-order valence-corrected chi connectivity index (χ1v) is 13.9. The molecule has 2 bridgehead atoms. The van der Waals surface area contributed by atoms with Crippen molar-refractivity contribution in [2.75, 3.05) is 41.3 Å². The Bertz CT molecular complexity index is 1420. The fourth-order valence-corrected chi connectivity index (χ4v) is 7.61. The molecule has 0 aliphatic carbocycles. The third kappa shape index (κ3) is 4.02. The zero-order valence-electron chi connectivity index (χ0n) is 24.2. The summed E-state index contributed by atoms with van der Waals surface area (Å²) in [6.45, 7) is 8.38. The molecule has 6 rings (SSSR count). The number of aliphatic hydroxyl groups excluding tert-OH is 1. The standard InChI is InChI=1S/C31H37N3O7/c1-7-8-38-29-17(3)20-14-40-41-30(20)26-19(29)11-22-27-25-18(9-16(2)28(37-6)31(25)39-15-36-5)10-21(33(27)4)23(12-32)34(22)24(26)13-35/h7,9,21-24,27,35H,1,8,10-11,13-15H2,2-6H3/t21-,22?,23?,24-,27+/m0/s1. The summed E-state index contributed by atoms with van der Waals surface area (Å²) >= 11 is 0. The van der Waals surface area contributed by atoms with Crippen LogP contribution in [-0.2, 0) is 29.1 Å². The molecule has 5 atom stereocenters. The number of aryl methyl sites for hydroxylation is 1. The summed E-state index contributed by atoms with van der Waals surface area (Å²) in [6.07, 6.45) is 2.94. The molecule has 2 unspecified atom stereocenters. The van der Waals surface area contributed by atoms with Crippen molar-refractivity contribution >= 4 is 0 Å². The number of methoxy groups -OCH3 is 2. The summed E-state index contributed by atoms with van der Waals surface area (Å²) in [7, 11) is 5.32. The van der Waals surface area contributed by atoms with Crippen molar-refractivity contribution in [3.63, 3.8) is 0 Å². The highest BCUT2D eigenvalue weighted by Gasteiger charge is 2.56. The van der Waals surface area contributed by atoms with Crippen molar-refractivity contribution in [2.24, 2.45) is 0 Å². The molecule has 0 saturated carbocycles. The lowest BCUT2D eigenvalue weighted by atomic mass is 9.71. The normalized spacial score (nSPS) is 26.1. The van der Waals surface area contributed by atoms with E-state index in [0.717, 1.165) is 44.7 Å². The zero-order chi connectivity index (χ0) is 29.0. The monoisotopic (exact) mass is 563 g/mol. The molecule has 0 aromatic heterocycles. The minimum atomic E-state index is -0.494. The summed E-state index contributed by atoms with van der Waals surface area (Å²) in [4.78, 5) is 15.7. The molecule has 4 heterocycles. The van der Waals surface area contributed by atoms with E-state index in [-0.39, 0.29) is 31.5 Å². The van der Waals surface area contributed by atoms with Crippen molar-refractivity contribution in [3.8, 4) is 29.1 Å². The molecule has 1 fully saturated rings. The van der Waals surface area contributed by atoms with Crippen LogP contribution in [0.25, 0.3) is 0 Å². The maximum Gasteiger partial charge on any atom is 0.188 e. The van der Waals surface area contributed by atoms with Crippen molar-refractivity contribution in [2.45, 2.75) is 63.5 Å². The van der Waals surface area contributed by atoms with Gasteiger partial charge in [0.25, 0.3) is 0 Å². The quantitative estimate of drug-likeness (QED) is 0.292. The Morgan fingerprint density at radius 2 is 1.93 bits per heavy atom. The fourth-order valence-electron chi connectivity index (χ4n) is 7.61. The number of nitrogens with zero attached hydrogens (tertiary/aromatic N) is 3. The van der Waals surface area contributed by atoms with Crippen LogP contribution in [0.5, 0.6) is 23.0 Å². The van der Waals surface area contributed by atoms with E-state index in [2.05, 4.69) is 35.6 Å². The van der Waals surface area contributed by atoms with Gasteiger partial charge in [-0.1, -0.05) is 18.7 Å². The summed E-state index contributed by atoms with van der Waals surface area (Å²) in [6, 6.07) is 3.36. The molecule has 1 saturated heterocycles. The van der Waals surface area contributed by atoms with Gasteiger partial charge in [0.05, 0.1) is 31.9 Å². The van der Waals surface area contributed by atoms with Crippen LogP contribution in [-0.4, -0.2) is 74.3 Å². The summed E-state index contributed by atoms with van der Waals surface area (Å²) in [5.41, 5.74) is 6.79. The van der Waals surface area contributed by atoms with E-state index in [1.54, 1.807) is 20.3 Å². The molecule has 0 amide bonds. The highest BCUT2D eigenvalue weighted by atomic mass is 17.2. The number of nitriles is 1. The first-order chi connectivity index (χ1) is 19.9. The van der Waals surface area contributed by atoms with E-state index in [0.29, 0.717) is 43.3 Å². The van der Waals surface area contributed by atoms with E-state index in [9.17, 15) is 10.4 Å². The number of piperazine rings is 1. The molecular formula is C31H37N3O7. The first-order valence-electron chi connectivity index (χ1n) is 13.9. The predicted octanol–water partition coefficient (Wildman–Crippen LogP) is 3.45. The van der Waals surface area contributed by atoms with Crippen LogP contribution in [0.3, 0.4) is 0 Å². The van der Waals surface area contributed by atoms with Gasteiger partial charge in [-0.15, -0.1) is 0 Å². The molecule has 1 N–H and O–H groups in total. The SMILES string of the molecule is C=CCOc1c(C)c2c(c3c1CC1[C@@H]4c5c(cc(C)c(OC)c5OCOC)C[C@@H](C(C#N)N1[C@H]3CO)N4C)OOC2. The molecule has 4 aliphatic rings. The summed E-state index contributed by atoms with van der Waals surface area (Å²) in [5.74, 6) is 2.72. The van der Waals surface area contributed by atoms with Gasteiger partial charge in [-0.3, -0.25) is 9.80 Å². The second-order valence-electron chi connectivity index (χ2n) is 11.2. The third-order valence-electron chi connectivity index (χ3n) is 9.20. The molecule has 0 spiro atoms. The lowest BCUT2D eigenvalue weighted by molar-refractivity contribution is -0.196. The van der Waals surface area contributed by atoms with E-state index >= 15 is 0 Å². The van der Waals surface area contributed by atoms with Crippen molar-refractivity contribution < 1.29 is 33.8 Å². The molecule has 218 valence electrons. The van der Waals surface area contributed by atoms with Gasteiger partial charge in [0, 0.05) is 47.0 Å². The van der Waals surface area contributed by atoms with Gasteiger partial charge in [0.1, 0.15) is 25.0 Å². The van der Waals surface area contributed by atoms with Gasteiger partial charge < -0.3 is 28.9 Å². The second-order valence-corrected chi connectivity index (χ2v) is 11.2. The van der Waals surface area contributed by atoms with Crippen LogP contribution in [0.4, 0.5) is 0 Å². The van der Waals surface area contributed by atoms with Gasteiger partial charge in [-0.05, 0) is 44.9 Å². The van der Waals surface area contributed by atoms with E-state index in [4.69, 9.17) is 28.7 Å². The number of aliphatic hydroxyl groups is 1. The van der Waals surface area contributed by atoms with Gasteiger partial charge in [-0.25, -0.2) is 0 Å². The molecule has 10 heteroatoms. The molecule has 4 aliphatic heterocycles. The molecule has 2 aromatic carbocycles. The largest absolute Gasteiger partial charge is 0.493 e. The van der Waals surface area contributed by atoms with Gasteiger partial charge in [-0.2, -0.15) is 10.1 Å². The Hall–Kier alpha value is -3.33. The van der Waals surface area contributed by atoms with E-state index < -0.39 is 12.1 Å². The predicted molar refractivity (Wildman–Crippen MR) is 149 cm³/mol. The van der Waals surface area contributed by atoms with Crippen molar-refractivity contribution in [3.05, 3.63) is 57.7 Å². The second kappa shape index (κ2) is 10.8. The number of ether oxygens (including phenoxy) is 4. The van der Waals surface area contributed by atoms with Gasteiger partial charge in [0.15, 0.2) is 24.0 Å². The first kappa shape index (κ1) is 27.8. The minimum Gasteiger partial charge on any atom is -0.493 e. The average molecular weight is 564 g/mol. The van der Waals surface area contributed by atoms with Crippen LogP contribution in [0.15, 0.2) is 18.7 Å². The zero-order valence-corrected chi connectivity index (χ0v) is 24.2. The van der Waals surface area contributed by atoms with E-state index in [1.807, 2.05) is 13.8 Å². The molecule has 0 radical (unpaired) electrons. The fraction of sp³-hybridized carbons (Fsp3) is 0.516. The number of hydrogen-bond acceptors (Lipinski definition) is 10. The Morgan fingerprint density at radius 3 is 2.61 bits per heavy atom. The number of benzene rings is 2. The van der Waals surface area contributed by atoms with Gasteiger partial charge >= 0.3 is 0 Å². The molecule has 41 heavy (non-hydrogen) atoms. The van der Waals surface area contributed by atoms with Crippen LogP contribution in [0.1, 0.15) is 51.0 Å². The van der Waals surface area contributed by atoms with Gasteiger partial charge in [0.2, 0.25) is 0 Å². The van der Waals surface area contributed by atoms with E-state index in [1.165, 1.54) is 0 Å². The maximum absolute atomic E-state index is 11.0. The van der Waals surface area contributed by atoms with Crippen molar-refractivity contribution in [1.82, 2.24) is 9.80 Å². The molecule has 2 aromatic rings. The van der Waals surface area contributed by atoms with Crippen molar-refractivity contribution in [1.29, 1.82) is 5.26 Å². The number of likely N-dealkylation sites (N-methyl/N-ethyl adjacent to an activating group) is 1. The number of rotatable bonds is 8. The lowest BCUT2D eigenvalue weighted by Crippen LogP contribution is -2.68. The van der Waals surface area contributed by atoms with Crippen LogP contribution in [0, 0.1) is 25.2 Å². The third-order valence-corrected chi connectivity index (χ3v) is 9.20. The Balaban J connectivity index is 1.60. The highest BCUT2D eigenvalue weighted by molar-refractivity contribution is 5.63. The minimum absolute atomic E-state index is 0.0750. The highest BCUT2D eigenvalue weighted by Crippen LogP contribution is 2.57. The summed E-state index contributed by atoms with van der Waals surface area (Å²) < 4.78 is 23.7. The molecular weight excluding hydrogens is 526 g/mol. The Kier molecular flexibility index (Phi) is 7.34. The smallest absolute Gasteiger partial charge is 0.188 e. The Labute approximate surface area is 240 Å². The topological polar surface area (TPSA) is 106 Å². The van der Waals surface area contributed by atoms with Crippen LogP contribution in [0.2, 0.25) is 0 Å². The average Bonchev–Trinajstić information content (AvgIpc) is 3.46. The number of fused-ring (bicyclic) bond motifs is 9. The Morgan fingerprint density at radius 1 is 1.12 bits per heavy atom. The lowest BCUT2D eigenvalue weighted by Gasteiger charge is -2.59.